The number of aromatic amines is 1. The van der Waals surface area contributed by atoms with Crippen LogP contribution < -0.4 is 15.9 Å². The van der Waals surface area contributed by atoms with Gasteiger partial charge >= 0.3 is 0 Å². The van der Waals surface area contributed by atoms with Crippen LogP contribution in [0.5, 0.6) is 5.75 Å². The Hall–Kier alpha value is -4.20. The van der Waals surface area contributed by atoms with Gasteiger partial charge in [-0.05, 0) is 145 Å². The minimum absolute atomic E-state index is 0.121. The van der Waals surface area contributed by atoms with Gasteiger partial charge in [-0.15, -0.1) is 11.3 Å². The summed E-state index contributed by atoms with van der Waals surface area (Å²) in [4.78, 5) is 18.8. The molecule has 2 aromatic heterocycles. The number of aryl methyl sites for hydroxylation is 1. The number of fused-ring (bicyclic) bond motifs is 2. The maximum Gasteiger partial charge on any atom is 0.134 e. The minimum atomic E-state index is -0.171. The molecule has 0 radical (unpaired) electrons. The fraction of sp³-hybridized carbons (Fsp3) is 0.458. The van der Waals surface area contributed by atoms with Gasteiger partial charge in [0.05, 0.1) is 34.0 Å². The lowest BCUT2D eigenvalue weighted by Crippen LogP contribution is -2.52. The van der Waals surface area contributed by atoms with E-state index in [1.807, 2.05) is 0 Å². The summed E-state index contributed by atoms with van der Waals surface area (Å²) in [6.07, 6.45) is 9.32. The van der Waals surface area contributed by atoms with Gasteiger partial charge in [-0.3, -0.25) is 5.43 Å². The van der Waals surface area contributed by atoms with Crippen molar-refractivity contribution < 1.29 is 9.47 Å². The molecule has 10 nitrogen and oxygen atoms in total. The van der Waals surface area contributed by atoms with Crippen molar-refractivity contribution in [3.8, 4) is 5.75 Å². The molecule has 0 aliphatic carbocycles. The minimum Gasteiger partial charge on any atom is -0.494 e. The lowest BCUT2D eigenvalue weighted by atomic mass is 9.99. The van der Waals surface area contributed by atoms with E-state index in [4.69, 9.17) is 25.2 Å². The number of hydrogen-bond acceptors (Lipinski definition) is 10. The molecule has 312 valence electrons. The Bertz CT molecular complexity index is 2140. The highest BCUT2D eigenvalue weighted by molar-refractivity contribution is 7.18. The largest absolute Gasteiger partial charge is 0.494 e. The maximum absolute atomic E-state index is 6.96. The van der Waals surface area contributed by atoms with Gasteiger partial charge < -0.3 is 30.0 Å². The summed E-state index contributed by atoms with van der Waals surface area (Å²) in [6.45, 7) is 6.47. The fourth-order valence-corrected chi connectivity index (χ4v) is 9.67. The number of aromatic nitrogens is 3. The molecular weight excluding hydrogens is 753 g/mol. The highest BCUT2D eigenvalue weighted by Crippen LogP contribution is 2.36. The quantitative estimate of drug-likeness (QED) is 0.0548. The lowest BCUT2D eigenvalue weighted by Gasteiger charge is -2.41. The second-order valence-electron chi connectivity index (χ2n) is 16.5. The molecule has 11 heteroatoms. The van der Waals surface area contributed by atoms with Gasteiger partial charge in [0.15, 0.2) is 0 Å². The SMILES string of the molecule is CN1CCC(OC(c2cccc(CCCCNN(C3CCN(C)CC3)C(c3cccc(OCCCCN)c3)c3nc4ccccc4[nH]3)c2)c2nc3ccccc3s2)CC1. The second kappa shape index (κ2) is 20.4. The maximum atomic E-state index is 6.96. The van der Waals surface area contributed by atoms with E-state index in [0.29, 0.717) is 19.2 Å². The lowest BCUT2D eigenvalue weighted by molar-refractivity contribution is -0.0234. The first-order chi connectivity index (χ1) is 29.0. The van der Waals surface area contributed by atoms with Crippen molar-refractivity contribution in [1.82, 2.24) is 35.2 Å². The average Bonchev–Trinajstić information content (AvgIpc) is 3.90. The number of hydrazine groups is 1. The predicted molar refractivity (Wildman–Crippen MR) is 241 cm³/mol. The summed E-state index contributed by atoms with van der Waals surface area (Å²) in [5.74, 6) is 1.83. The van der Waals surface area contributed by atoms with Crippen molar-refractivity contribution in [1.29, 1.82) is 0 Å². The van der Waals surface area contributed by atoms with Gasteiger partial charge in [0.1, 0.15) is 28.7 Å². The van der Waals surface area contributed by atoms with Crippen LogP contribution in [-0.4, -0.2) is 102 Å². The number of para-hydroxylation sites is 3. The Morgan fingerprint density at radius 2 is 1.54 bits per heavy atom. The van der Waals surface area contributed by atoms with Gasteiger partial charge in [-0.1, -0.05) is 60.7 Å². The molecule has 6 aromatic rings. The van der Waals surface area contributed by atoms with Crippen LogP contribution >= 0.6 is 11.3 Å². The molecule has 8 rings (SSSR count). The predicted octanol–water partition coefficient (Wildman–Crippen LogP) is 8.50. The van der Waals surface area contributed by atoms with E-state index in [0.717, 1.165) is 129 Å². The molecule has 2 aliphatic heterocycles. The van der Waals surface area contributed by atoms with Crippen molar-refractivity contribution in [2.75, 3.05) is 60.0 Å². The van der Waals surface area contributed by atoms with Crippen LogP contribution in [0.4, 0.5) is 0 Å². The van der Waals surface area contributed by atoms with Crippen LogP contribution in [0.3, 0.4) is 0 Å². The third-order valence-electron chi connectivity index (χ3n) is 12.0. The molecule has 2 unspecified atom stereocenters. The zero-order valence-corrected chi connectivity index (χ0v) is 35.7. The fourth-order valence-electron chi connectivity index (χ4n) is 8.64. The number of likely N-dealkylation sites (tertiary alicyclic amines) is 2. The highest BCUT2D eigenvalue weighted by Gasteiger charge is 2.33. The first-order valence-electron chi connectivity index (χ1n) is 21.9. The number of piperidine rings is 2. The number of unbranched alkanes of at least 4 members (excludes halogenated alkanes) is 2. The zero-order chi connectivity index (χ0) is 40.4. The Morgan fingerprint density at radius 3 is 2.34 bits per heavy atom. The zero-order valence-electron chi connectivity index (χ0n) is 34.9. The molecule has 59 heavy (non-hydrogen) atoms. The smallest absolute Gasteiger partial charge is 0.134 e. The topological polar surface area (TPSA) is 108 Å². The molecule has 2 atom stereocenters. The summed E-state index contributed by atoms with van der Waals surface area (Å²) in [7, 11) is 4.43. The first kappa shape index (κ1) is 41.5. The van der Waals surface area contributed by atoms with E-state index >= 15 is 0 Å². The van der Waals surface area contributed by atoms with Crippen molar-refractivity contribution in [2.24, 2.45) is 5.73 Å². The van der Waals surface area contributed by atoms with Crippen molar-refractivity contribution in [3.63, 3.8) is 0 Å². The van der Waals surface area contributed by atoms with Gasteiger partial charge in [0, 0.05) is 25.7 Å². The van der Waals surface area contributed by atoms with Crippen LogP contribution in [-0.2, 0) is 11.2 Å². The molecule has 2 aliphatic rings. The van der Waals surface area contributed by atoms with E-state index in [1.54, 1.807) is 11.3 Å². The third-order valence-corrected chi connectivity index (χ3v) is 13.1. The number of hydrogen-bond donors (Lipinski definition) is 3. The monoisotopic (exact) mass is 814 g/mol. The highest BCUT2D eigenvalue weighted by atomic mass is 32.1. The summed E-state index contributed by atoms with van der Waals surface area (Å²) < 4.78 is 14.4. The molecule has 0 saturated carbocycles. The van der Waals surface area contributed by atoms with Crippen molar-refractivity contribution >= 4 is 32.6 Å². The van der Waals surface area contributed by atoms with Crippen LogP contribution in [0.25, 0.3) is 21.3 Å². The molecule has 0 spiro atoms. The van der Waals surface area contributed by atoms with Crippen LogP contribution in [0.1, 0.15) is 91.0 Å². The van der Waals surface area contributed by atoms with E-state index in [2.05, 4.69) is 136 Å². The third kappa shape index (κ3) is 10.8. The molecule has 0 bridgehead atoms. The second-order valence-corrected chi connectivity index (χ2v) is 17.6. The number of imidazole rings is 1. The van der Waals surface area contributed by atoms with E-state index in [-0.39, 0.29) is 18.2 Å². The van der Waals surface area contributed by atoms with Crippen LogP contribution in [0.2, 0.25) is 0 Å². The Morgan fingerprint density at radius 1 is 0.797 bits per heavy atom. The molecule has 4 N–H and O–H groups in total. The number of nitrogens with one attached hydrogen (secondary N) is 2. The number of thiazole rings is 1. The van der Waals surface area contributed by atoms with E-state index in [1.165, 1.54) is 15.8 Å². The molecule has 2 saturated heterocycles. The molecule has 4 aromatic carbocycles. The molecule has 2 fully saturated rings. The van der Waals surface area contributed by atoms with Crippen LogP contribution in [0, 0.1) is 0 Å². The number of ether oxygens (including phenoxy) is 2. The number of H-pyrrole nitrogens is 1. The Balaban J connectivity index is 0.986. The average molecular weight is 815 g/mol. The van der Waals surface area contributed by atoms with Gasteiger partial charge in [-0.2, -0.15) is 0 Å². The standard InChI is InChI=1S/C48H62N8O2S/c1-54-28-22-38(23-29-54)56(45(47-51-41-18-3-4-19-42(41)52-47)36-15-12-17-40(34-36)57-32-10-8-26-49)50-27-9-7-13-35-14-11-16-37(33-35)46(58-39-24-30-55(2)31-25-39)48-53-43-20-5-6-21-44(43)59-48/h3-6,11-12,14-21,33-34,38-39,45-46,50H,7-10,13,22-32,49H2,1-2H3,(H,51,52). The molecular formula is C48H62N8O2S. The van der Waals surface area contributed by atoms with Gasteiger partial charge in [-0.25, -0.2) is 15.0 Å². The summed E-state index contributed by atoms with van der Waals surface area (Å²) in [5.41, 5.74) is 16.5. The Kier molecular flexibility index (Phi) is 14.3. The molecule has 4 heterocycles. The van der Waals surface area contributed by atoms with Crippen molar-refractivity contribution in [2.45, 2.75) is 82.1 Å². The number of rotatable bonds is 19. The Labute approximate surface area is 354 Å². The van der Waals surface area contributed by atoms with Gasteiger partial charge in [0.25, 0.3) is 0 Å². The number of nitrogens with two attached hydrogens (primary N) is 1. The van der Waals surface area contributed by atoms with Crippen molar-refractivity contribution in [3.05, 3.63) is 125 Å². The normalized spacial score (nSPS) is 17.3. The summed E-state index contributed by atoms with van der Waals surface area (Å²) in [5, 5.41) is 3.56. The molecule has 0 amide bonds. The number of benzene rings is 4. The summed E-state index contributed by atoms with van der Waals surface area (Å²) >= 11 is 1.76. The first-order valence-corrected chi connectivity index (χ1v) is 22.7. The van der Waals surface area contributed by atoms with Gasteiger partial charge in [0.2, 0.25) is 0 Å². The number of nitrogens with zero attached hydrogens (tertiary/aromatic N) is 5. The summed E-state index contributed by atoms with van der Waals surface area (Å²) in [6, 6.07) is 34.7. The van der Waals surface area contributed by atoms with Crippen LogP contribution in [0.15, 0.2) is 97.1 Å². The van der Waals surface area contributed by atoms with E-state index in [9.17, 15) is 0 Å². The van der Waals surface area contributed by atoms with E-state index < -0.39 is 0 Å².